The van der Waals surface area contributed by atoms with E-state index in [1.165, 1.54) is 28.2 Å². The van der Waals surface area contributed by atoms with Crippen molar-refractivity contribution >= 4 is 22.9 Å². The number of thiophene rings is 1. The highest BCUT2D eigenvalue weighted by Crippen LogP contribution is 2.25. The number of nitrogen functional groups attached to an aromatic ring is 1. The topological polar surface area (TPSA) is 58.4 Å². The zero-order valence-corrected chi connectivity index (χ0v) is 13.5. The van der Waals surface area contributed by atoms with Crippen molar-refractivity contribution < 1.29 is 4.79 Å². The molecule has 0 bridgehead atoms. The highest BCUT2D eigenvalue weighted by atomic mass is 32.1. The summed E-state index contributed by atoms with van der Waals surface area (Å²) in [5, 5.41) is 0. The Morgan fingerprint density at radius 1 is 1.33 bits per heavy atom. The number of benzene rings is 1. The Hall–Kier alpha value is -1.85. The molecule has 0 spiro atoms. The molecule has 2 aromatic rings. The third-order valence-electron chi connectivity index (χ3n) is 3.49. The second-order valence-electron chi connectivity index (χ2n) is 5.02. The number of nitrogens with zero attached hydrogens (tertiary/aromatic N) is 1. The standard InChI is InChI=1S/C16H21N3OS/c1-4-19(14-7-5-6-11(2)8-14)10-13-9-15(16(20)18-17)21-12(13)3/h5-9H,4,10,17H2,1-3H3,(H,18,20). The van der Waals surface area contributed by atoms with Crippen LogP contribution in [0.15, 0.2) is 30.3 Å². The van der Waals surface area contributed by atoms with Crippen molar-refractivity contribution in [1.82, 2.24) is 5.43 Å². The minimum Gasteiger partial charge on any atom is -0.367 e. The molecule has 4 nitrogen and oxygen atoms in total. The van der Waals surface area contributed by atoms with Crippen LogP contribution < -0.4 is 16.2 Å². The summed E-state index contributed by atoms with van der Waals surface area (Å²) in [4.78, 5) is 15.7. The fraction of sp³-hybridized carbons (Fsp3) is 0.312. The molecule has 2 rings (SSSR count). The summed E-state index contributed by atoms with van der Waals surface area (Å²) >= 11 is 1.48. The number of carbonyl (C=O) groups excluding carboxylic acids is 1. The molecule has 1 heterocycles. The van der Waals surface area contributed by atoms with E-state index in [4.69, 9.17) is 5.84 Å². The van der Waals surface area contributed by atoms with Gasteiger partial charge in [-0.05, 0) is 50.1 Å². The predicted molar refractivity (Wildman–Crippen MR) is 88.6 cm³/mol. The minimum atomic E-state index is -0.229. The van der Waals surface area contributed by atoms with Crippen LogP contribution >= 0.6 is 11.3 Å². The lowest BCUT2D eigenvalue weighted by Crippen LogP contribution is -2.29. The summed E-state index contributed by atoms with van der Waals surface area (Å²) < 4.78 is 0. The highest BCUT2D eigenvalue weighted by molar-refractivity contribution is 7.14. The first kappa shape index (κ1) is 15.5. The van der Waals surface area contributed by atoms with Crippen LogP contribution in [0.4, 0.5) is 5.69 Å². The number of amides is 1. The van der Waals surface area contributed by atoms with Gasteiger partial charge < -0.3 is 4.90 Å². The molecule has 3 N–H and O–H groups in total. The predicted octanol–water partition coefficient (Wildman–Crippen LogP) is 2.99. The highest BCUT2D eigenvalue weighted by Gasteiger charge is 2.14. The van der Waals surface area contributed by atoms with Crippen LogP contribution in [0.25, 0.3) is 0 Å². The van der Waals surface area contributed by atoms with E-state index in [9.17, 15) is 4.79 Å². The molecule has 0 aliphatic rings. The average molecular weight is 303 g/mol. The zero-order valence-electron chi connectivity index (χ0n) is 12.6. The van der Waals surface area contributed by atoms with Crippen LogP contribution in [0.2, 0.25) is 0 Å². The van der Waals surface area contributed by atoms with Gasteiger partial charge in [0.25, 0.3) is 5.91 Å². The molecular weight excluding hydrogens is 282 g/mol. The van der Waals surface area contributed by atoms with Crippen molar-refractivity contribution in [1.29, 1.82) is 0 Å². The largest absolute Gasteiger partial charge is 0.367 e. The minimum absolute atomic E-state index is 0.229. The molecule has 1 aromatic heterocycles. The molecule has 0 unspecified atom stereocenters. The first-order chi connectivity index (χ1) is 10.0. The number of nitrogens with two attached hydrogens (primary N) is 1. The van der Waals surface area contributed by atoms with Gasteiger partial charge in [0.15, 0.2) is 0 Å². The summed E-state index contributed by atoms with van der Waals surface area (Å²) in [6.07, 6.45) is 0. The number of nitrogens with one attached hydrogen (secondary N) is 1. The van der Waals surface area contributed by atoms with Crippen molar-refractivity contribution in [2.45, 2.75) is 27.3 Å². The third-order valence-corrected chi connectivity index (χ3v) is 4.58. The van der Waals surface area contributed by atoms with Crippen LogP contribution in [-0.2, 0) is 6.54 Å². The average Bonchev–Trinajstić information content (AvgIpc) is 2.85. The molecule has 0 saturated carbocycles. The lowest BCUT2D eigenvalue weighted by atomic mass is 10.1. The SMILES string of the molecule is CCN(Cc1cc(C(=O)NN)sc1C)c1cccc(C)c1. The second kappa shape index (κ2) is 6.74. The lowest BCUT2D eigenvalue weighted by molar-refractivity contribution is 0.0957. The number of carbonyl (C=O) groups is 1. The first-order valence-corrected chi connectivity index (χ1v) is 7.78. The van der Waals surface area contributed by atoms with Gasteiger partial charge in [-0.25, -0.2) is 5.84 Å². The number of hydrazine groups is 1. The molecular formula is C16H21N3OS. The molecule has 5 heteroatoms. The van der Waals surface area contributed by atoms with Crippen molar-refractivity contribution in [3.63, 3.8) is 0 Å². The summed E-state index contributed by atoms with van der Waals surface area (Å²) in [6, 6.07) is 10.4. The summed E-state index contributed by atoms with van der Waals surface area (Å²) in [7, 11) is 0. The molecule has 1 amide bonds. The Morgan fingerprint density at radius 2 is 2.10 bits per heavy atom. The van der Waals surface area contributed by atoms with Gasteiger partial charge in [0.05, 0.1) is 4.88 Å². The molecule has 0 radical (unpaired) electrons. The summed E-state index contributed by atoms with van der Waals surface area (Å²) in [5.41, 5.74) is 5.80. The summed E-state index contributed by atoms with van der Waals surface area (Å²) in [5.74, 6) is 4.97. The van der Waals surface area contributed by atoms with E-state index in [0.717, 1.165) is 18.0 Å². The van der Waals surface area contributed by atoms with E-state index in [0.29, 0.717) is 4.88 Å². The van der Waals surface area contributed by atoms with Crippen LogP contribution in [0, 0.1) is 13.8 Å². The van der Waals surface area contributed by atoms with E-state index in [-0.39, 0.29) is 5.91 Å². The Kier molecular flexibility index (Phi) is 4.98. The van der Waals surface area contributed by atoms with Gasteiger partial charge in [-0.1, -0.05) is 12.1 Å². The first-order valence-electron chi connectivity index (χ1n) is 6.97. The van der Waals surface area contributed by atoms with Gasteiger partial charge in [-0.15, -0.1) is 11.3 Å². The fourth-order valence-corrected chi connectivity index (χ4v) is 3.21. The maximum absolute atomic E-state index is 11.6. The smallest absolute Gasteiger partial charge is 0.275 e. The normalized spacial score (nSPS) is 10.5. The Labute approximate surface area is 129 Å². The Morgan fingerprint density at radius 3 is 2.71 bits per heavy atom. The number of aryl methyl sites for hydroxylation is 2. The van der Waals surface area contributed by atoms with E-state index in [2.05, 4.69) is 48.4 Å². The maximum atomic E-state index is 11.6. The van der Waals surface area contributed by atoms with Crippen LogP contribution in [0.1, 0.15) is 32.6 Å². The third kappa shape index (κ3) is 3.62. The van der Waals surface area contributed by atoms with Gasteiger partial charge >= 0.3 is 0 Å². The lowest BCUT2D eigenvalue weighted by Gasteiger charge is -2.23. The Balaban J connectivity index is 2.23. The molecule has 0 atom stereocenters. The molecule has 1 aromatic carbocycles. The molecule has 112 valence electrons. The molecule has 0 aliphatic carbocycles. The molecule has 0 fully saturated rings. The van der Waals surface area contributed by atoms with E-state index >= 15 is 0 Å². The fourth-order valence-electron chi connectivity index (χ4n) is 2.28. The summed E-state index contributed by atoms with van der Waals surface area (Å²) in [6.45, 7) is 7.98. The van der Waals surface area contributed by atoms with Gasteiger partial charge in [0.1, 0.15) is 0 Å². The van der Waals surface area contributed by atoms with Gasteiger partial charge in [0.2, 0.25) is 0 Å². The second-order valence-corrected chi connectivity index (χ2v) is 6.28. The number of hydrogen-bond acceptors (Lipinski definition) is 4. The van der Waals surface area contributed by atoms with Gasteiger partial charge in [-0.2, -0.15) is 0 Å². The van der Waals surface area contributed by atoms with Crippen LogP contribution in [-0.4, -0.2) is 12.5 Å². The zero-order chi connectivity index (χ0) is 15.4. The van der Waals surface area contributed by atoms with Crippen LogP contribution in [0.5, 0.6) is 0 Å². The van der Waals surface area contributed by atoms with Crippen molar-refractivity contribution in [2.75, 3.05) is 11.4 Å². The monoisotopic (exact) mass is 303 g/mol. The van der Waals surface area contributed by atoms with E-state index < -0.39 is 0 Å². The van der Waals surface area contributed by atoms with E-state index in [1.54, 1.807) is 0 Å². The van der Waals surface area contributed by atoms with E-state index in [1.807, 2.05) is 13.0 Å². The molecule has 0 saturated heterocycles. The van der Waals surface area contributed by atoms with Crippen LogP contribution in [0.3, 0.4) is 0 Å². The van der Waals surface area contributed by atoms with Gasteiger partial charge in [0, 0.05) is 23.7 Å². The van der Waals surface area contributed by atoms with Gasteiger partial charge in [-0.3, -0.25) is 10.2 Å². The Bertz CT molecular complexity index is 636. The number of anilines is 1. The molecule has 0 aliphatic heterocycles. The number of hydrogen-bond donors (Lipinski definition) is 2. The number of rotatable bonds is 5. The quantitative estimate of drug-likeness (QED) is 0.507. The van der Waals surface area contributed by atoms with Crippen molar-refractivity contribution in [3.05, 3.63) is 51.2 Å². The molecule has 21 heavy (non-hydrogen) atoms. The van der Waals surface area contributed by atoms with Crippen molar-refractivity contribution in [2.24, 2.45) is 5.84 Å². The maximum Gasteiger partial charge on any atom is 0.275 e. The van der Waals surface area contributed by atoms with Crippen molar-refractivity contribution in [3.8, 4) is 0 Å².